The highest BCUT2D eigenvalue weighted by molar-refractivity contribution is 5.96. The van der Waals surface area contributed by atoms with E-state index < -0.39 is 0 Å². The van der Waals surface area contributed by atoms with Crippen LogP contribution in [0.5, 0.6) is 0 Å². The van der Waals surface area contributed by atoms with Crippen LogP contribution in [0.3, 0.4) is 0 Å². The van der Waals surface area contributed by atoms with Gasteiger partial charge < -0.3 is 14.8 Å². The molecule has 3 aromatic rings. The third-order valence-electron chi connectivity index (χ3n) is 3.96. The number of aliphatic hydroxyl groups excluding tert-OH is 1. The van der Waals surface area contributed by atoms with Crippen LogP contribution >= 0.6 is 0 Å². The lowest BCUT2D eigenvalue weighted by Crippen LogP contribution is -2.28. The molecule has 24 heavy (non-hydrogen) atoms. The lowest BCUT2D eigenvalue weighted by molar-refractivity contribution is 0.0924. The van der Waals surface area contributed by atoms with Gasteiger partial charge in [0.25, 0.3) is 5.91 Å². The van der Waals surface area contributed by atoms with Gasteiger partial charge in [-0.15, -0.1) is 0 Å². The SMILES string of the molecule is O=C(NCC(CCO)c1ccccc1)c1cc2cc(F)ccc2o1. The van der Waals surface area contributed by atoms with E-state index in [1.165, 1.54) is 24.3 Å². The molecule has 1 amide bonds. The number of nitrogens with one attached hydrogen (secondary N) is 1. The van der Waals surface area contributed by atoms with Gasteiger partial charge in [0.1, 0.15) is 11.4 Å². The standard InChI is InChI=1S/C19H18FNO3/c20-16-6-7-17-15(10-16)11-18(24-17)19(23)21-12-14(8-9-22)13-4-2-1-3-5-13/h1-7,10-11,14,22H,8-9,12H2,(H,21,23). The van der Waals surface area contributed by atoms with Crippen LogP contribution in [0.25, 0.3) is 11.0 Å². The molecule has 124 valence electrons. The molecule has 0 saturated carbocycles. The number of furan rings is 1. The highest BCUT2D eigenvalue weighted by Crippen LogP contribution is 2.21. The highest BCUT2D eigenvalue weighted by Gasteiger charge is 2.16. The van der Waals surface area contributed by atoms with Crippen molar-refractivity contribution < 1.29 is 18.7 Å². The third-order valence-corrected chi connectivity index (χ3v) is 3.96. The minimum Gasteiger partial charge on any atom is -0.451 e. The molecule has 3 rings (SSSR count). The maximum Gasteiger partial charge on any atom is 0.287 e. The van der Waals surface area contributed by atoms with Gasteiger partial charge in [0.15, 0.2) is 5.76 Å². The smallest absolute Gasteiger partial charge is 0.287 e. The first-order chi connectivity index (χ1) is 11.7. The Bertz CT molecular complexity index is 829. The van der Waals surface area contributed by atoms with Gasteiger partial charge in [0, 0.05) is 24.5 Å². The van der Waals surface area contributed by atoms with Crippen molar-refractivity contribution in [3.8, 4) is 0 Å². The van der Waals surface area contributed by atoms with E-state index in [2.05, 4.69) is 5.32 Å². The van der Waals surface area contributed by atoms with Gasteiger partial charge in [0.05, 0.1) is 0 Å². The molecule has 0 bridgehead atoms. The van der Waals surface area contributed by atoms with Crippen LogP contribution in [0.15, 0.2) is 59.0 Å². The number of hydrogen-bond donors (Lipinski definition) is 2. The summed E-state index contributed by atoms with van der Waals surface area (Å²) in [6.07, 6.45) is 0.551. The summed E-state index contributed by atoms with van der Waals surface area (Å²) in [6, 6.07) is 15.4. The van der Waals surface area contributed by atoms with E-state index in [-0.39, 0.29) is 30.0 Å². The number of aliphatic hydroxyl groups is 1. The second-order valence-electron chi connectivity index (χ2n) is 5.62. The number of carbonyl (C=O) groups excluding carboxylic acids is 1. The van der Waals surface area contributed by atoms with Crippen LogP contribution in [0.4, 0.5) is 4.39 Å². The van der Waals surface area contributed by atoms with Crippen molar-refractivity contribution in [2.75, 3.05) is 13.2 Å². The van der Waals surface area contributed by atoms with E-state index in [4.69, 9.17) is 4.42 Å². The summed E-state index contributed by atoms with van der Waals surface area (Å²) in [5.74, 6) is -0.568. The van der Waals surface area contributed by atoms with E-state index in [1.54, 1.807) is 0 Å². The zero-order valence-corrected chi connectivity index (χ0v) is 13.0. The fourth-order valence-corrected chi connectivity index (χ4v) is 2.70. The molecule has 0 aliphatic heterocycles. The summed E-state index contributed by atoms with van der Waals surface area (Å²) >= 11 is 0. The number of carbonyl (C=O) groups is 1. The summed E-state index contributed by atoms with van der Waals surface area (Å²) in [5.41, 5.74) is 1.52. The van der Waals surface area contributed by atoms with Crippen LogP contribution in [0, 0.1) is 5.82 Å². The Morgan fingerprint density at radius 3 is 2.71 bits per heavy atom. The Morgan fingerprint density at radius 1 is 1.17 bits per heavy atom. The molecule has 0 aliphatic rings. The Morgan fingerprint density at radius 2 is 1.96 bits per heavy atom. The van der Waals surface area contributed by atoms with Gasteiger partial charge in [0.2, 0.25) is 0 Å². The van der Waals surface area contributed by atoms with Crippen LogP contribution in [0.2, 0.25) is 0 Å². The van der Waals surface area contributed by atoms with Crippen molar-refractivity contribution >= 4 is 16.9 Å². The summed E-state index contributed by atoms with van der Waals surface area (Å²) in [5, 5.41) is 12.6. The lowest BCUT2D eigenvalue weighted by atomic mass is 9.96. The first kappa shape index (κ1) is 16.2. The minimum atomic E-state index is -0.373. The Balaban J connectivity index is 1.70. The first-order valence-corrected chi connectivity index (χ1v) is 7.80. The predicted molar refractivity (Wildman–Crippen MR) is 89.4 cm³/mol. The highest BCUT2D eigenvalue weighted by atomic mass is 19.1. The van der Waals surface area contributed by atoms with E-state index in [9.17, 15) is 14.3 Å². The second-order valence-corrected chi connectivity index (χ2v) is 5.62. The molecule has 1 aromatic heterocycles. The Hall–Kier alpha value is -2.66. The zero-order valence-electron chi connectivity index (χ0n) is 13.0. The monoisotopic (exact) mass is 327 g/mol. The van der Waals surface area contributed by atoms with Crippen molar-refractivity contribution in [2.24, 2.45) is 0 Å². The zero-order chi connectivity index (χ0) is 16.9. The first-order valence-electron chi connectivity index (χ1n) is 7.80. The third kappa shape index (κ3) is 3.63. The maximum atomic E-state index is 13.2. The largest absolute Gasteiger partial charge is 0.451 e. The molecule has 1 heterocycles. The topological polar surface area (TPSA) is 62.5 Å². The van der Waals surface area contributed by atoms with Gasteiger partial charge in [-0.2, -0.15) is 0 Å². The fraction of sp³-hybridized carbons (Fsp3) is 0.211. The van der Waals surface area contributed by atoms with Crippen molar-refractivity contribution in [3.05, 3.63) is 71.7 Å². The van der Waals surface area contributed by atoms with Gasteiger partial charge in [-0.3, -0.25) is 4.79 Å². The fourth-order valence-electron chi connectivity index (χ4n) is 2.70. The molecule has 1 unspecified atom stereocenters. The van der Waals surface area contributed by atoms with Crippen molar-refractivity contribution in [2.45, 2.75) is 12.3 Å². The molecule has 0 saturated heterocycles. The summed E-state index contributed by atoms with van der Waals surface area (Å²) in [6.45, 7) is 0.425. The van der Waals surface area contributed by atoms with Crippen molar-refractivity contribution in [3.63, 3.8) is 0 Å². The van der Waals surface area contributed by atoms with E-state index in [0.29, 0.717) is 23.9 Å². The summed E-state index contributed by atoms with van der Waals surface area (Å²) in [7, 11) is 0. The molecule has 0 radical (unpaired) electrons. The maximum absolute atomic E-state index is 13.2. The predicted octanol–water partition coefficient (Wildman–Crippen LogP) is 3.47. The Labute approximate surface area is 138 Å². The average molecular weight is 327 g/mol. The van der Waals surface area contributed by atoms with Crippen LogP contribution in [-0.4, -0.2) is 24.2 Å². The molecular formula is C19H18FNO3. The Kier molecular flexibility index (Phi) is 4.91. The number of rotatable bonds is 6. The summed E-state index contributed by atoms with van der Waals surface area (Å²) < 4.78 is 18.7. The van der Waals surface area contributed by atoms with Crippen molar-refractivity contribution in [1.29, 1.82) is 0 Å². The van der Waals surface area contributed by atoms with Crippen LogP contribution in [0.1, 0.15) is 28.5 Å². The number of hydrogen-bond acceptors (Lipinski definition) is 3. The van der Waals surface area contributed by atoms with Gasteiger partial charge >= 0.3 is 0 Å². The molecule has 0 aliphatic carbocycles. The normalized spacial score (nSPS) is 12.2. The average Bonchev–Trinajstić information content (AvgIpc) is 3.02. The molecule has 2 aromatic carbocycles. The number of halogens is 1. The number of benzene rings is 2. The lowest BCUT2D eigenvalue weighted by Gasteiger charge is -2.16. The van der Waals surface area contributed by atoms with Gasteiger partial charge in [-0.05, 0) is 36.2 Å². The molecule has 4 nitrogen and oxygen atoms in total. The number of fused-ring (bicyclic) bond motifs is 1. The molecule has 0 spiro atoms. The van der Waals surface area contributed by atoms with Crippen LogP contribution < -0.4 is 5.32 Å². The van der Waals surface area contributed by atoms with Gasteiger partial charge in [-0.1, -0.05) is 30.3 Å². The summed E-state index contributed by atoms with van der Waals surface area (Å²) in [4.78, 5) is 12.3. The number of amides is 1. The second kappa shape index (κ2) is 7.27. The van der Waals surface area contributed by atoms with E-state index in [0.717, 1.165) is 5.56 Å². The molecule has 1 atom stereocenters. The van der Waals surface area contributed by atoms with E-state index >= 15 is 0 Å². The molecule has 0 fully saturated rings. The molecule has 2 N–H and O–H groups in total. The van der Waals surface area contributed by atoms with Crippen LogP contribution in [-0.2, 0) is 0 Å². The van der Waals surface area contributed by atoms with Crippen molar-refractivity contribution in [1.82, 2.24) is 5.32 Å². The molecular weight excluding hydrogens is 309 g/mol. The quantitative estimate of drug-likeness (QED) is 0.729. The van der Waals surface area contributed by atoms with Gasteiger partial charge in [-0.25, -0.2) is 4.39 Å². The minimum absolute atomic E-state index is 0.0157. The van der Waals surface area contributed by atoms with E-state index in [1.807, 2.05) is 30.3 Å². The molecule has 5 heteroatoms.